The molecule has 0 heterocycles. The number of carbonyl (C=O) groups is 6. The van der Waals surface area contributed by atoms with Crippen molar-refractivity contribution in [2.45, 2.75) is 63.3 Å². The maximum atomic E-state index is 13.2. The molecule has 45 heavy (non-hydrogen) atoms. The van der Waals surface area contributed by atoms with Crippen molar-refractivity contribution in [2.75, 3.05) is 6.61 Å². The molecular formula is C30H39N5O10. The summed E-state index contributed by atoms with van der Waals surface area (Å²) >= 11 is 0. The second-order valence-corrected chi connectivity index (χ2v) is 10.7. The van der Waals surface area contributed by atoms with Crippen molar-refractivity contribution >= 4 is 35.6 Å². The fraction of sp³-hybridized carbons (Fsp3) is 0.400. The Morgan fingerprint density at radius 1 is 0.689 bits per heavy atom. The van der Waals surface area contributed by atoms with Crippen molar-refractivity contribution < 1.29 is 49.2 Å². The maximum absolute atomic E-state index is 13.2. The molecule has 0 aromatic heterocycles. The number of amides is 4. The van der Waals surface area contributed by atoms with E-state index in [1.54, 1.807) is 44.2 Å². The van der Waals surface area contributed by atoms with E-state index in [-0.39, 0.29) is 18.6 Å². The molecule has 4 amide bonds. The van der Waals surface area contributed by atoms with Gasteiger partial charge in [-0.15, -0.1) is 0 Å². The monoisotopic (exact) mass is 629 g/mol. The summed E-state index contributed by atoms with van der Waals surface area (Å²) in [5, 5.41) is 47.2. The number of rotatable bonds is 17. The summed E-state index contributed by atoms with van der Waals surface area (Å²) in [4.78, 5) is 75.0. The van der Waals surface area contributed by atoms with Gasteiger partial charge in [-0.1, -0.05) is 56.3 Å². The zero-order valence-electron chi connectivity index (χ0n) is 24.8. The van der Waals surface area contributed by atoms with Gasteiger partial charge in [-0.3, -0.25) is 24.0 Å². The molecule has 15 nitrogen and oxygen atoms in total. The molecule has 5 atom stereocenters. The van der Waals surface area contributed by atoms with E-state index in [1.807, 2.05) is 0 Å². The molecule has 0 unspecified atom stereocenters. The van der Waals surface area contributed by atoms with Gasteiger partial charge < -0.3 is 47.4 Å². The van der Waals surface area contributed by atoms with Gasteiger partial charge in [0.25, 0.3) is 0 Å². The lowest BCUT2D eigenvalue weighted by atomic mass is 10.0. The summed E-state index contributed by atoms with van der Waals surface area (Å²) in [6, 6.07) is 7.36. The molecule has 0 bridgehead atoms. The number of aromatic hydroxyl groups is 1. The number of phenols is 1. The molecule has 244 valence electrons. The predicted octanol–water partition coefficient (Wildman–Crippen LogP) is -1.35. The quantitative estimate of drug-likeness (QED) is 0.0988. The van der Waals surface area contributed by atoms with Crippen LogP contribution in [0.2, 0.25) is 0 Å². The van der Waals surface area contributed by atoms with Crippen LogP contribution in [0.5, 0.6) is 5.75 Å². The number of nitrogens with one attached hydrogen (secondary N) is 4. The van der Waals surface area contributed by atoms with Crippen molar-refractivity contribution in [3.8, 4) is 5.75 Å². The van der Waals surface area contributed by atoms with Crippen molar-refractivity contribution in [1.29, 1.82) is 0 Å². The van der Waals surface area contributed by atoms with Crippen LogP contribution in [0.4, 0.5) is 0 Å². The highest BCUT2D eigenvalue weighted by molar-refractivity contribution is 5.97. The van der Waals surface area contributed by atoms with Gasteiger partial charge in [-0.25, -0.2) is 4.79 Å². The first-order valence-electron chi connectivity index (χ1n) is 14.1. The molecule has 0 aliphatic heterocycles. The second kappa shape index (κ2) is 17.3. The van der Waals surface area contributed by atoms with Crippen LogP contribution in [0.15, 0.2) is 54.6 Å². The van der Waals surface area contributed by atoms with Crippen molar-refractivity contribution in [3.05, 3.63) is 65.7 Å². The molecule has 2 aromatic rings. The molecule has 0 aliphatic carbocycles. The van der Waals surface area contributed by atoms with Gasteiger partial charge in [0.2, 0.25) is 23.6 Å². The average Bonchev–Trinajstić information content (AvgIpc) is 2.98. The van der Waals surface area contributed by atoms with E-state index >= 15 is 0 Å². The van der Waals surface area contributed by atoms with Gasteiger partial charge in [0.1, 0.15) is 29.9 Å². The first-order chi connectivity index (χ1) is 21.2. The van der Waals surface area contributed by atoms with Gasteiger partial charge in [0.15, 0.2) is 0 Å². The van der Waals surface area contributed by atoms with Crippen molar-refractivity contribution in [3.63, 3.8) is 0 Å². The summed E-state index contributed by atoms with van der Waals surface area (Å²) in [6.07, 6.45) is -0.921. The summed E-state index contributed by atoms with van der Waals surface area (Å²) < 4.78 is 0. The van der Waals surface area contributed by atoms with E-state index in [4.69, 9.17) is 5.73 Å². The van der Waals surface area contributed by atoms with Crippen LogP contribution in [0.25, 0.3) is 0 Å². The minimum absolute atomic E-state index is 0.0468. The van der Waals surface area contributed by atoms with Gasteiger partial charge in [-0.2, -0.15) is 0 Å². The number of aliphatic carboxylic acids is 2. The maximum Gasteiger partial charge on any atom is 0.326 e. The summed E-state index contributed by atoms with van der Waals surface area (Å²) in [6.45, 7) is 2.24. The lowest BCUT2D eigenvalue weighted by Gasteiger charge is -2.27. The van der Waals surface area contributed by atoms with Crippen molar-refractivity contribution in [1.82, 2.24) is 21.3 Å². The molecule has 0 aliphatic rings. The van der Waals surface area contributed by atoms with Gasteiger partial charge >= 0.3 is 11.9 Å². The van der Waals surface area contributed by atoms with Gasteiger partial charge in [0, 0.05) is 6.42 Å². The smallest absolute Gasteiger partial charge is 0.326 e. The topological polar surface area (TPSA) is 257 Å². The lowest BCUT2D eigenvalue weighted by Crippen LogP contribution is -2.60. The Labute approximate surface area is 259 Å². The fourth-order valence-corrected chi connectivity index (χ4v) is 4.21. The molecule has 10 N–H and O–H groups in total. The number of phenolic OH excluding ortho intramolecular Hbond substituents is 1. The Kier molecular flexibility index (Phi) is 13.9. The molecule has 0 saturated carbocycles. The number of aliphatic hydroxyl groups excluding tert-OH is 1. The number of hydrogen-bond donors (Lipinski definition) is 9. The number of benzene rings is 2. The van der Waals surface area contributed by atoms with Crippen molar-refractivity contribution in [2.24, 2.45) is 11.7 Å². The highest BCUT2D eigenvalue weighted by atomic mass is 16.4. The third kappa shape index (κ3) is 11.9. The minimum Gasteiger partial charge on any atom is -0.508 e. The van der Waals surface area contributed by atoms with E-state index in [1.165, 1.54) is 24.3 Å². The first-order valence-corrected chi connectivity index (χ1v) is 14.1. The van der Waals surface area contributed by atoms with E-state index in [9.17, 15) is 49.2 Å². The Bertz CT molecular complexity index is 1340. The van der Waals surface area contributed by atoms with Crippen LogP contribution >= 0.6 is 0 Å². The molecule has 0 saturated heterocycles. The standard InChI is InChI=1S/C30H39N5O10/c1-16(2)25(35-26(40)20(31)12-17-6-4-3-5-7-17)29(43)32-21(14-24(38)39)27(41)34-23(15-36)28(42)33-22(30(44)45)13-18-8-10-19(37)11-9-18/h3-11,16,20-23,25,36-37H,12-15,31H2,1-2H3,(H,32,43)(H,33,42)(H,34,41)(H,35,40)(H,38,39)(H,44,45)/t20-,21-,22-,23-,25-/m0/s1. The number of carboxylic acid groups (broad SMARTS) is 2. The summed E-state index contributed by atoms with van der Waals surface area (Å²) in [5.74, 6) is -7.23. The second-order valence-electron chi connectivity index (χ2n) is 10.7. The zero-order chi connectivity index (χ0) is 33.7. The van der Waals surface area contributed by atoms with E-state index in [0.29, 0.717) is 5.56 Å². The molecule has 0 radical (unpaired) electrons. The number of nitrogens with two attached hydrogens (primary N) is 1. The third-order valence-electron chi connectivity index (χ3n) is 6.70. The first kappa shape index (κ1) is 36.2. The van der Waals surface area contributed by atoms with E-state index < -0.39 is 84.7 Å². The largest absolute Gasteiger partial charge is 0.508 e. The number of hydrogen-bond acceptors (Lipinski definition) is 9. The molecule has 0 spiro atoms. The Hall–Kier alpha value is -5.02. The highest BCUT2D eigenvalue weighted by Crippen LogP contribution is 2.12. The van der Waals surface area contributed by atoms with Gasteiger partial charge in [-0.05, 0) is 35.6 Å². The number of carboxylic acids is 2. The fourth-order valence-electron chi connectivity index (χ4n) is 4.21. The SMILES string of the molecule is CC(C)[C@H](NC(=O)[C@@H](N)Cc1ccccc1)C(=O)N[C@@H](CC(=O)O)C(=O)N[C@@H](CO)C(=O)N[C@@H](Cc1ccc(O)cc1)C(=O)O. The van der Waals surface area contributed by atoms with Gasteiger partial charge in [0.05, 0.1) is 19.1 Å². The van der Waals surface area contributed by atoms with Crippen LogP contribution in [0.3, 0.4) is 0 Å². The molecule has 2 rings (SSSR count). The lowest BCUT2D eigenvalue weighted by molar-refractivity contribution is -0.143. The molecule has 2 aromatic carbocycles. The predicted molar refractivity (Wildman–Crippen MR) is 159 cm³/mol. The zero-order valence-corrected chi connectivity index (χ0v) is 24.8. The molecule has 0 fully saturated rings. The normalized spacial score (nSPS) is 14.2. The average molecular weight is 630 g/mol. The van der Waals surface area contributed by atoms with E-state index in [2.05, 4.69) is 21.3 Å². The Morgan fingerprint density at radius 2 is 1.22 bits per heavy atom. The molecular weight excluding hydrogens is 590 g/mol. The van der Waals surface area contributed by atoms with Crippen LogP contribution < -0.4 is 27.0 Å². The summed E-state index contributed by atoms with van der Waals surface area (Å²) in [5.41, 5.74) is 7.27. The Morgan fingerprint density at radius 3 is 1.76 bits per heavy atom. The van der Waals surface area contributed by atoms with Crippen LogP contribution in [-0.2, 0) is 41.6 Å². The minimum atomic E-state index is -1.74. The summed E-state index contributed by atoms with van der Waals surface area (Å²) in [7, 11) is 0. The van der Waals surface area contributed by atoms with E-state index in [0.717, 1.165) is 5.56 Å². The van der Waals surface area contributed by atoms with Crippen LogP contribution in [-0.4, -0.2) is 92.8 Å². The molecule has 15 heteroatoms. The Balaban J connectivity index is 2.10. The number of aliphatic hydroxyl groups is 1. The third-order valence-corrected chi connectivity index (χ3v) is 6.70. The van der Waals surface area contributed by atoms with Crippen LogP contribution in [0.1, 0.15) is 31.4 Å². The highest BCUT2D eigenvalue weighted by Gasteiger charge is 2.33. The number of carbonyl (C=O) groups excluding carboxylic acids is 4. The van der Waals surface area contributed by atoms with Crippen LogP contribution in [0, 0.1) is 5.92 Å².